The molecular formula is C26H37ClN2O2. The molecule has 4 nitrogen and oxygen atoms in total. The minimum atomic E-state index is 0.0663. The molecule has 0 unspecified atom stereocenters. The fourth-order valence-corrected chi connectivity index (χ4v) is 5.87. The number of fused-ring (bicyclic) bond motifs is 1. The van der Waals surface area contributed by atoms with E-state index in [1.54, 1.807) is 13.3 Å². The van der Waals surface area contributed by atoms with E-state index in [9.17, 15) is 5.11 Å². The molecular weight excluding hydrogens is 408 g/mol. The third-order valence-electron chi connectivity index (χ3n) is 7.85. The van der Waals surface area contributed by atoms with Gasteiger partial charge in [-0.3, -0.25) is 4.98 Å². The van der Waals surface area contributed by atoms with Gasteiger partial charge in [-0.25, -0.2) is 0 Å². The van der Waals surface area contributed by atoms with E-state index in [2.05, 4.69) is 9.88 Å². The van der Waals surface area contributed by atoms with E-state index in [0.29, 0.717) is 6.61 Å². The first-order chi connectivity index (χ1) is 15.1. The minimum absolute atomic E-state index is 0.0663. The number of hydrogen-bond acceptors (Lipinski definition) is 4. The smallest absolute Gasteiger partial charge is 0.119 e. The van der Waals surface area contributed by atoms with Gasteiger partial charge in [0.15, 0.2) is 0 Å². The van der Waals surface area contributed by atoms with Crippen molar-refractivity contribution in [2.75, 3.05) is 33.4 Å². The van der Waals surface area contributed by atoms with Crippen LogP contribution in [-0.4, -0.2) is 48.3 Å². The molecule has 2 heterocycles. The van der Waals surface area contributed by atoms with Crippen molar-refractivity contribution >= 4 is 22.5 Å². The van der Waals surface area contributed by atoms with E-state index in [0.717, 1.165) is 78.4 Å². The maximum atomic E-state index is 10.3. The lowest BCUT2D eigenvalue weighted by Crippen LogP contribution is -2.42. The van der Waals surface area contributed by atoms with Crippen molar-refractivity contribution < 1.29 is 9.84 Å². The van der Waals surface area contributed by atoms with Gasteiger partial charge < -0.3 is 14.7 Å². The first kappa shape index (κ1) is 22.8. The van der Waals surface area contributed by atoms with E-state index in [-0.39, 0.29) is 5.41 Å². The Bertz CT molecular complexity index is 858. The van der Waals surface area contributed by atoms with Crippen molar-refractivity contribution in [2.45, 2.75) is 64.2 Å². The minimum Gasteiger partial charge on any atom is -0.497 e. The van der Waals surface area contributed by atoms with Crippen LogP contribution in [0.15, 0.2) is 24.4 Å². The normalized spacial score (nSPS) is 19.8. The summed E-state index contributed by atoms with van der Waals surface area (Å²) in [5.74, 6) is 1.79. The largest absolute Gasteiger partial charge is 0.497 e. The number of rotatable bonds is 9. The van der Waals surface area contributed by atoms with Crippen LogP contribution in [0, 0.1) is 11.3 Å². The van der Waals surface area contributed by atoms with Gasteiger partial charge in [-0.1, -0.05) is 37.3 Å². The molecule has 1 aliphatic carbocycles. The Morgan fingerprint density at radius 1 is 1.23 bits per heavy atom. The molecule has 170 valence electrons. The zero-order valence-corrected chi connectivity index (χ0v) is 19.7. The number of aliphatic hydroxyl groups is 1. The molecule has 2 aromatic rings. The summed E-state index contributed by atoms with van der Waals surface area (Å²) in [6.45, 7) is 3.79. The van der Waals surface area contributed by atoms with Crippen molar-refractivity contribution in [2.24, 2.45) is 11.3 Å². The Hall–Kier alpha value is -1.36. The number of piperidine rings is 1. The van der Waals surface area contributed by atoms with Gasteiger partial charge in [0.25, 0.3) is 0 Å². The Morgan fingerprint density at radius 3 is 2.71 bits per heavy atom. The van der Waals surface area contributed by atoms with Gasteiger partial charge >= 0.3 is 0 Å². The van der Waals surface area contributed by atoms with Gasteiger partial charge in [0, 0.05) is 18.2 Å². The highest BCUT2D eigenvalue weighted by molar-refractivity contribution is 6.32. The second-order valence-corrected chi connectivity index (χ2v) is 10.2. The summed E-state index contributed by atoms with van der Waals surface area (Å²) >= 11 is 6.54. The molecule has 0 bridgehead atoms. The van der Waals surface area contributed by atoms with Crippen LogP contribution in [0.2, 0.25) is 5.02 Å². The number of aliphatic hydroxyl groups excluding tert-OH is 1. The van der Waals surface area contributed by atoms with Gasteiger partial charge in [-0.15, -0.1) is 0 Å². The maximum absolute atomic E-state index is 10.3. The number of hydrogen-bond donors (Lipinski definition) is 1. The number of ether oxygens (including phenoxy) is 1. The van der Waals surface area contributed by atoms with Crippen molar-refractivity contribution in [1.29, 1.82) is 0 Å². The second-order valence-electron chi connectivity index (χ2n) is 9.76. The molecule has 31 heavy (non-hydrogen) atoms. The van der Waals surface area contributed by atoms with E-state index in [4.69, 9.17) is 16.3 Å². The molecule has 0 amide bonds. The Balaban J connectivity index is 1.33. The number of methoxy groups -OCH3 is 1. The summed E-state index contributed by atoms with van der Waals surface area (Å²) in [6.07, 6.45) is 14.0. The van der Waals surface area contributed by atoms with E-state index in [1.807, 2.05) is 18.2 Å². The first-order valence-electron chi connectivity index (χ1n) is 12.1. The predicted octanol–water partition coefficient (Wildman–Crippen LogP) is 5.87. The lowest BCUT2D eigenvalue weighted by atomic mass is 9.75. The lowest BCUT2D eigenvalue weighted by molar-refractivity contribution is 0.0340. The Kier molecular flexibility index (Phi) is 7.73. The van der Waals surface area contributed by atoms with Crippen LogP contribution < -0.4 is 4.74 Å². The second kappa shape index (κ2) is 10.5. The zero-order chi connectivity index (χ0) is 21.7. The molecule has 0 radical (unpaired) electrons. The molecule has 2 fully saturated rings. The Morgan fingerprint density at radius 2 is 2.00 bits per heavy atom. The van der Waals surface area contributed by atoms with Crippen LogP contribution in [0.5, 0.6) is 5.75 Å². The highest BCUT2D eigenvalue weighted by Gasteiger charge is 2.33. The van der Waals surface area contributed by atoms with Crippen LogP contribution in [0.1, 0.15) is 63.4 Å². The third kappa shape index (κ3) is 5.53. The predicted molar refractivity (Wildman–Crippen MR) is 128 cm³/mol. The van der Waals surface area contributed by atoms with Gasteiger partial charge in [-0.05, 0) is 93.3 Å². The third-order valence-corrected chi connectivity index (χ3v) is 8.17. The van der Waals surface area contributed by atoms with E-state index in [1.165, 1.54) is 38.6 Å². The van der Waals surface area contributed by atoms with Crippen molar-refractivity contribution in [3.8, 4) is 5.75 Å². The molecule has 1 saturated carbocycles. The maximum Gasteiger partial charge on any atom is 0.119 e. The lowest BCUT2D eigenvalue weighted by Gasteiger charge is -2.41. The van der Waals surface area contributed by atoms with Crippen LogP contribution in [-0.2, 0) is 6.42 Å². The number of aryl methyl sites for hydroxylation is 1. The number of nitrogens with zero attached hydrogens (tertiary/aromatic N) is 2. The molecule has 1 aromatic carbocycles. The number of aromatic nitrogens is 1. The molecule has 1 aromatic heterocycles. The summed E-state index contributed by atoms with van der Waals surface area (Å²) in [4.78, 5) is 7.10. The molecule has 2 aliphatic rings. The number of pyridine rings is 1. The van der Waals surface area contributed by atoms with E-state index < -0.39 is 0 Å². The highest BCUT2D eigenvalue weighted by Crippen LogP contribution is 2.38. The van der Waals surface area contributed by atoms with Crippen molar-refractivity contribution in [1.82, 2.24) is 9.88 Å². The van der Waals surface area contributed by atoms with Crippen LogP contribution in [0.25, 0.3) is 10.9 Å². The molecule has 5 heteroatoms. The standard InChI is InChI=1S/C26H37ClN2O2/c1-31-21-8-9-25-23(17-21)22(24(27)18-28-25)7-4-11-26(19-30)12-15-29(16-13-26)14-10-20-5-2-3-6-20/h8-9,17-18,20,30H,2-7,10-16,19H2,1H3. The monoisotopic (exact) mass is 444 g/mol. The SMILES string of the molecule is COc1ccc2ncc(Cl)c(CCCC3(CO)CCN(CCC4CCCC4)CC3)c2c1. The van der Waals surface area contributed by atoms with Crippen molar-refractivity contribution in [3.63, 3.8) is 0 Å². The van der Waals surface area contributed by atoms with E-state index >= 15 is 0 Å². The van der Waals surface area contributed by atoms with Crippen LogP contribution in [0.3, 0.4) is 0 Å². The topological polar surface area (TPSA) is 45.6 Å². The molecule has 4 rings (SSSR count). The Labute approximate surface area is 191 Å². The number of benzene rings is 1. The molecule has 1 aliphatic heterocycles. The fourth-order valence-electron chi connectivity index (χ4n) is 5.63. The first-order valence-corrected chi connectivity index (χ1v) is 12.4. The summed E-state index contributed by atoms with van der Waals surface area (Å²) in [5.41, 5.74) is 2.16. The summed E-state index contributed by atoms with van der Waals surface area (Å²) < 4.78 is 5.40. The zero-order valence-electron chi connectivity index (χ0n) is 18.9. The molecule has 0 spiro atoms. The van der Waals surface area contributed by atoms with Gasteiger partial charge in [-0.2, -0.15) is 0 Å². The average Bonchev–Trinajstić information content (AvgIpc) is 3.33. The fraction of sp³-hybridized carbons (Fsp3) is 0.654. The summed E-state index contributed by atoms with van der Waals surface area (Å²) in [5, 5.41) is 12.0. The average molecular weight is 445 g/mol. The van der Waals surface area contributed by atoms with Crippen LogP contribution in [0.4, 0.5) is 0 Å². The highest BCUT2D eigenvalue weighted by atomic mass is 35.5. The quantitative estimate of drug-likeness (QED) is 0.525. The molecule has 1 N–H and O–H groups in total. The van der Waals surface area contributed by atoms with Gasteiger partial charge in [0.1, 0.15) is 5.75 Å². The van der Waals surface area contributed by atoms with Gasteiger partial charge in [0.05, 0.1) is 17.6 Å². The summed E-state index contributed by atoms with van der Waals surface area (Å²) in [7, 11) is 1.68. The number of halogens is 1. The van der Waals surface area contributed by atoms with Crippen molar-refractivity contribution in [3.05, 3.63) is 35.0 Å². The molecule has 1 saturated heterocycles. The summed E-state index contributed by atoms with van der Waals surface area (Å²) in [6, 6.07) is 5.97. The molecule has 0 atom stereocenters. The van der Waals surface area contributed by atoms with Crippen LogP contribution >= 0.6 is 11.6 Å². The van der Waals surface area contributed by atoms with Gasteiger partial charge in [0.2, 0.25) is 0 Å². The number of likely N-dealkylation sites (tertiary alicyclic amines) is 1.